The van der Waals surface area contributed by atoms with Crippen LogP contribution < -0.4 is 10.2 Å². The molecule has 1 heterocycles. The molecule has 108 valence electrons. The van der Waals surface area contributed by atoms with E-state index in [-0.39, 0.29) is 23.3 Å². The van der Waals surface area contributed by atoms with Crippen LogP contribution in [-0.2, 0) is 0 Å². The molecule has 1 aliphatic heterocycles. The van der Waals surface area contributed by atoms with E-state index in [2.05, 4.69) is 5.32 Å². The standard InChI is InChI=1S/C15H19F2N3/c1-10(2)20(9-12-4-3-5-19-12)15-13(16)6-11(8-18)7-14(15)17/h6-7,10,12,19H,3-5,9H2,1-2H3. The molecule has 0 aromatic heterocycles. The predicted octanol–water partition coefficient (Wildman–Crippen LogP) is 2.80. The molecule has 1 saturated heterocycles. The summed E-state index contributed by atoms with van der Waals surface area (Å²) in [6.07, 6.45) is 2.11. The molecule has 1 aromatic carbocycles. The van der Waals surface area contributed by atoms with Crippen LogP contribution in [0.2, 0.25) is 0 Å². The van der Waals surface area contributed by atoms with Crippen molar-refractivity contribution in [2.75, 3.05) is 18.0 Å². The monoisotopic (exact) mass is 279 g/mol. The van der Waals surface area contributed by atoms with Gasteiger partial charge in [-0.2, -0.15) is 5.26 Å². The fraction of sp³-hybridized carbons (Fsp3) is 0.533. The lowest BCUT2D eigenvalue weighted by molar-refractivity contribution is 0.517. The lowest BCUT2D eigenvalue weighted by Gasteiger charge is -2.32. The van der Waals surface area contributed by atoms with E-state index >= 15 is 0 Å². The van der Waals surface area contributed by atoms with E-state index in [4.69, 9.17) is 5.26 Å². The first-order valence-corrected chi connectivity index (χ1v) is 6.92. The Hall–Kier alpha value is -1.67. The Balaban J connectivity index is 2.31. The van der Waals surface area contributed by atoms with Crippen molar-refractivity contribution in [1.29, 1.82) is 5.26 Å². The maximum atomic E-state index is 14.1. The van der Waals surface area contributed by atoms with Gasteiger partial charge in [-0.05, 0) is 45.4 Å². The number of benzene rings is 1. The summed E-state index contributed by atoms with van der Waals surface area (Å²) >= 11 is 0. The molecule has 0 aliphatic carbocycles. The second-order valence-electron chi connectivity index (χ2n) is 5.44. The van der Waals surface area contributed by atoms with E-state index in [0.717, 1.165) is 31.5 Å². The highest BCUT2D eigenvalue weighted by Gasteiger charge is 2.25. The molecule has 2 rings (SSSR count). The van der Waals surface area contributed by atoms with Crippen LogP contribution in [0.15, 0.2) is 12.1 Å². The maximum absolute atomic E-state index is 14.1. The average Bonchev–Trinajstić information content (AvgIpc) is 2.89. The number of rotatable bonds is 4. The van der Waals surface area contributed by atoms with Gasteiger partial charge in [-0.1, -0.05) is 0 Å². The van der Waals surface area contributed by atoms with Gasteiger partial charge in [-0.3, -0.25) is 0 Å². The van der Waals surface area contributed by atoms with Crippen LogP contribution in [0, 0.1) is 23.0 Å². The highest BCUT2D eigenvalue weighted by atomic mass is 19.1. The van der Waals surface area contributed by atoms with E-state index in [1.807, 2.05) is 13.8 Å². The van der Waals surface area contributed by atoms with Crippen molar-refractivity contribution in [3.63, 3.8) is 0 Å². The topological polar surface area (TPSA) is 39.1 Å². The van der Waals surface area contributed by atoms with Crippen LogP contribution in [0.1, 0.15) is 32.3 Å². The van der Waals surface area contributed by atoms with Crippen molar-refractivity contribution in [2.45, 2.75) is 38.8 Å². The SMILES string of the molecule is CC(C)N(CC1CCCN1)c1c(F)cc(C#N)cc1F. The third-order valence-electron chi connectivity index (χ3n) is 3.64. The van der Waals surface area contributed by atoms with Gasteiger partial charge in [0.2, 0.25) is 0 Å². The lowest BCUT2D eigenvalue weighted by Crippen LogP contribution is -2.42. The van der Waals surface area contributed by atoms with Crippen LogP contribution >= 0.6 is 0 Å². The van der Waals surface area contributed by atoms with Crippen molar-refractivity contribution in [2.24, 2.45) is 0 Å². The van der Waals surface area contributed by atoms with Gasteiger partial charge in [-0.15, -0.1) is 0 Å². The molecule has 3 nitrogen and oxygen atoms in total. The van der Waals surface area contributed by atoms with Crippen molar-refractivity contribution in [1.82, 2.24) is 5.32 Å². The van der Waals surface area contributed by atoms with Gasteiger partial charge < -0.3 is 10.2 Å². The Bertz CT molecular complexity index is 493. The fourth-order valence-corrected chi connectivity index (χ4v) is 2.61. The summed E-state index contributed by atoms with van der Waals surface area (Å²) in [7, 11) is 0. The average molecular weight is 279 g/mol. The smallest absolute Gasteiger partial charge is 0.150 e. The molecule has 1 unspecified atom stereocenters. The van der Waals surface area contributed by atoms with Crippen molar-refractivity contribution in [3.05, 3.63) is 29.3 Å². The normalized spacial score (nSPS) is 18.3. The number of halogens is 2. The first-order chi connectivity index (χ1) is 9.52. The van der Waals surface area contributed by atoms with E-state index in [1.54, 1.807) is 11.0 Å². The molecule has 1 atom stereocenters. The Morgan fingerprint density at radius 3 is 2.50 bits per heavy atom. The number of nitrogens with one attached hydrogen (secondary N) is 1. The van der Waals surface area contributed by atoms with Gasteiger partial charge in [0, 0.05) is 18.6 Å². The van der Waals surface area contributed by atoms with Gasteiger partial charge in [0.1, 0.15) is 5.69 Å². The zero-order chi connectivity index (χ0) is 14.7. The number of anilines is 1. The molecule has 0 spiro atoms. The molecule has 1 fully saturated rings. The zero-order valence-electron chi connectivity index (χ0n) is 11.8. The summed E-state index contributed by atoms with van der Waals surface area (Å²) in [5.41, 5.74) is -0.0286. The van der Waals surface area contributed by atoms with Crippen molar-refractivity contribution in [3.8, 4) is 6.07 Å². The van der Waals surface area contributed by atoms with Gasteiger partial charge in [-0.25, -0.2) is 8.78 Å². The van der Waals surface area contributed by atoms with Gasteiger partial charge in [0.25, 0.3) is 0 Å². The predicted molar refractivity (Wildman–Crippen MR) is 74.6 cm³/mol. The van der Waals surface area contributed by atoms with Crippen molar-refractivity contribution >= 4 is 5.69 Å². The van der Waals surface area contributed by atoms with Crippen LogP contribution in [0.3, 0.4) is 0 Å². The number of nitrogens with zero attached hydrogens (tertiary/aromatic N) is 2. The Labute approximate surface area is 118 Å². The summed E-state index contributed by atoms with van der Waals surface area (Å²) in [4.78, 5) is 1.73. The minimum atomic E-state index is -0.673. The van der Waals surface area contributed by atoms with Crippen molar-refractivity contribution < 1.29 is 8.78 Å². The number of nitriles is 1. The molecule has 1 aliphatic rings. The molecule has 5 heteroatoms. The maximum Gasteiger partial charge on any atom is 0.150 e. The zero-order valence-corrected chi connectivity index (χ0v) is 11.8. The number of hydrogen-bond donors (Lipinski definition) is 1. The molecule has 1 aromatic rings. The first-order valence-electron chi connectivity index (χ1n) is 6.92. The molecular weight excluding hydrogens is 260 g/mol. The van der Waals surface area contributed by atoms with Crippen LogP contribution in [0.4, 0.5) is 14.5 Å². The second-order valence-corrected chi connectivity index (χ2v) is 5.44. The first kappa shape index (κ1) is 14.7. The Kier molecular flexibility index (Phi) is 4.56. The van der Waals surface area contributed by atoms with Crippen LogP contribution in [0.25, 0.3) is 0 Å². The molecular formula is C15H19F2N3. The highest BCUT2D eigenvalue weighted by molar-refractivity contribution is 5.53. The summed E-state index contributed by atoms with van der Waals surface area (Å²) in [5, 5.41) is 12.1. The summed E-state index contributed by atoms with van der Waals surface area (Å²) in [6, 6.07) is 4.19. The van der Waals surface area contributed by atoms with Crippen LogP contribution in [-0.4, -0.2) is 25.2 Å². The van der Waals surface area contributed by atoms with E-state index in [9.17, 15) is 8.78 Å². The number of hydrogen-bond acceptors (Lipinski definition) is 3. The third-order valence-corrected chi connectivity index (χ3v) is 3.64. The Morgan fingerprint density at radius 2 is 2.05 bits per heavy atom. The molecule has 0 saturated carbocycles. The van der Waals surface area contributed by atoms with E-state index in [0.29, 0.717) is 6.54 Å². The highest BCUT2D eigenvalue weighted by Crippen LogP contribution is 2.27. The van der Waals surface area contributed by atoms with E-state index in [1.165, 1.54) is 0 Å². The summed E-state index contributed by atoms with van der Waals surface area (Å²) < 4.78 is 28.3. The summed E-state index contributed by atoms with van der Waals surface area (Å²) in [5.74, 6) is -1.35. The second kappa shape index (κ2) is 6.19. The Morgan fingerprint density at radius 1 is 1.40 bits per heavy atom. The van der Waals surface area contributed by atoms with Crippen LogP contribution in [0.5, 0.6) is 0 Å². The van der Waals surface area contributed by atoms with Gasteiger partial charge >= 0.3 is 0 Å². The summed E-state index contributed by atoms with van der Waals surface area (Å²) in [6.45, 7) is 5.34. The quantitative estimate of drug-likeness (QED) is 0.921. The minimum absolute atomic E-state index is 0.00597. The van der Waals surface area contributed by atoms with Gasteiger partial charge in [0.05, 0.1) is 11.6 Å². The minimum Gasteiger partial charge on any atom is -0.363 e. The largest absolute Gasteiger partial charge is 0.363 e. The lowest BCUT2D eigenvalue weighted by atomic mass is 10.1. The molecule has 0 bridgehead atoms. The molecule has 0 radical (unpaired) electrons. The van der Waals surface area contributed by atoms with E-state index < -0.39 is 11.6 Å². The third kappa shape index (κ3) is 3.07. The molecule has 20 heavy (non-hydrogen) atoms. The molecule has 0 amide bonds. The van der Waals surface area contributed by atoms with Gasteiger partial charge in [0.15, 0.2) is 11.6 Å². The molecule has 1 N–H and O–H groups in total. The fourth-order valence-electron chi connectivity index (χ4n) is 2.61.